The summed E-state index contributed by atoms with van der Waals surface area (Å²) in [6.45, 7) is 2.22. The average molecular weight is 401 g/mol. The van der Waals surface area contributed by atoms with Crippen LogP contribution in [0.5, 0.6) is 0 Å². The monoisotopic (exact) mass is 400 g/mol. The third kappa shape index (κ3) is 3.19. The molecule has 4 rings (SSSR count). The highest BCUT2D eigenvalue weighted by molar-refractivity contribution is 7.92. The Kier molecular flexibility index (Phi) is 4.40. The zero-order chi connectivity index (χ0) is 19.2. The zero-order valence-electron chi connectivity index (χ0n) is 14.6. The second kappa shape index (κ2) is 6.62. The quantitative estimate of drug-likeness (QED) is 0.674. The van der Waals surface area contributed by atoms with Crippen LogP contribution in [0.3, 0.4) is 0 Å². The highest BCUT2D eigenvalue weighted by Gasteiger charge is 2.41. The number of halogens is 1. The van der Waals surface area contributed by atoms with Crippen LogP contribution in [0, 0.1) is 6.92 Å². The first kappa shape index (κ1) is 17.9. The average Bonchev–Trinajstić information content (AvgIpc) is 2.60. The predicted octanol–water partition coefficient (Wildman–Crippen LogP) is 3.49. The maximum absolute atomic E-state index is 12.9. The van der Waals surface area contributed by atoms with E-state index in [0.29, 0.717) is 16.1 Å². The molecule has 1 aliphatic rings. The Bertz CT molecular complexity index is 1140. The van der Waals surface area contributed by atoms with Gasteiger partial charge in [0.15, 0.2) is 9.84 Å². The molecule has 27 heavy (non-hydrogen) atoms. The summed E-state index contributed by atoms with van der Waals surface area (Å²) in [5, 5.41) is 0.766. The van der Waals surface area contributed by atoms with Gasteiger partial charge in [-0.1, -0.05) is 29.8 Å². The van der Waals surface area contributed by atoms with Gasteiger partial charge in [0.05, 0.1) is 16.0 Å². The molecule has 7 heteroatoms. The highest BCUT2D eigenvalue weighted by atomic mass is 35.5. The Morgan fingerprint density at radius 3 is 2.48 bits per heavy atom. The van der Waals surface area contributed by atoms with Gasteiger partial charge in [-0.25, -0.2) is 8.42 Å². The molecule has 1 fully saturated rings. The number of rotatable bonds is 3. The van der Waals surface area contributed by atoms with Crippen molar-refractivity contribution in [3.05, 3.63) is 70.9 Å². The lowest BCUT2D eigenvalue weighted by atomic mass is 10.1. The van der Waals surface area contributed by atoms with Crippen LogP contribution in [0.1, 0.15) is 16.1 Å². The normalized spacial score (nSPS) is 15.0. The number of pyridine rings is 1. The molecule has 0 aliphatic carbocycles. The lowest BCUT2D eigenvalue weighted by Gasteiger charge is -2.38. The van der Waals surface area contributed by atoms with Gasteiger partial charge in [-0.05, 0) is 43.3 Å². The van der Waals surface area contributed by atoms with Crippen molar-refractivity contribution in [3.8, 4) is 0 Å². The van der Waals surface area contributed by atoms with Crippen LogP contribution in [-0.4, -0.2) is 42.5 Å². The molecule has 3 aromatic rings. The van der Waals surface area contributed by atoms with Crippen LogP contribution in [0.25, 0.3) is 10.9 Å². The van der Waals surface area contributed by atoms with Gasteiger partial charge in [0.25, 0.3) is 5.91 Å². The van der Waals surface area contributed by atoms with E-state index in [1.807, 2.05) is 31.2 Å². The Labute approximate surface area is 162 Å². The first-order valence-corrected chi connectivity index (χ1v) is 10.4. The van der Waals surface area contributed by atoms with E-state index >= 15 is 0 Å². The molecule has 0 unspecified atom stereocenters. The largest absolute Gasteiger partial charge is 0.336 e. The van der Waals surface area contributed by atoms with E-state index in [0.717, 1.165) is 11.1 Å². The molecule has 1 aliphatic heterocycles. The van der Waals surface area contributed by atoms with E-state index in [4.69, 9.17) is 11.6 Å². The summed E-state index contributed by atoms with van der Waals surface area (Å²) in [5.74, 6) is -0.193. The predicted molar refractivity (Wildman–Crippen MR) is 105 cm³/mol. The van der Waals surface area contributed by atoms with Gasteiger partial charge in [0.2, 0.25) is 0 Å². The molecule has 2 heterocycles. The van der Waals surface area contributed by atoms with Crippen molar-refractivity contribution < 1.29 is 13.2 Å². The Balaban J connectivity index is 1.55. The minimum Gasteiger partial charge on any atom is -0.336 e. The third-order valence-corrected chi connectivity index (χ3v) is 7.16. The molecule has 0 N–H and O–H groups in total. The number of hydrogen-bond acceptors (Lipinski definition) is 4. The molecule has 5 nitrogen and oxygen atoms in total. The van der Waals surface area contributed by atoms with Gasteiger partial charge in [-0.2, -0.15) is 0 Å². The maximum Gasteiger partial charge on any atom is 0.256 e. The maximum atomic E-state index is 12.9. The van der Waals surface area contributed by atoms with E-state index in [2.05, 4.69) is 4.98 Å². The van der Waals surface area contributed by atoms with Gasteiger partial charge < -0.3 is 4.90 Å². The van der Waals surface area contributed by atoms with Crippen LogP contribution >= 0.6 is 11.6 Å². The van der Waals surface area contributed by atoms with Gasteiger partial charge in [-0.3, -0.25) is 9.78 Å². The van der Waals surface area contributed by atoms with E-state index in [9.17, 15) is 13.2 Å². The number of nitrogens with zero attached hydrogens (tertiary/aromatic N) is 2. The van der Waals surface area contributed by atoms with Crippen molar-refractivity contribution in [1.82, 2.24) is 9.88 Å². The minimum absolute atomic E-state index is 0.173. The Morgan fingerprint density at radius 2 is 1.78 bits per heavy atom. The molecule has 2 aromatic carbocycles. The van der Waals surface area contributed by atoms with E-state index in [-0.39, 0.29) is 23.9 Å². The van der Waals surface area contributed by atoms with Gasteiger partial charge in [0.1, 0.15) is 5.25 Å². The van der Waals surface area contributed by atoms with Crippen LogP contribution in [-0.2, 0) is 9.84 Å². The highest BCUT2D eigenvalue weighted by Crippen LogP contribution is 2.27. The summed E-state index contributed by atoms with van der Waals surface area (Å²) in [6, 6.07) is 15.4. The van der Waals surface area contributed by atoms with E-state index in [1.165, 1.54) is 12.1 Å². The van der Waals surface area contributed by atoms with Gasteiger partial charge in [-0.15, -0.1) is 0 Å². The lowest BCUT2D eigenvalue weighted by Crippen LogP contribution is -2.56. The van der Waals surface area contributed by atoms with Crippen LogP contribution in [0.4, 0.5) is 0 Å². The molecule has 1 saturated heterocycles. The summed E-state index contributed by atoms with van der Waals surface area (Å²) in [5.41, 5.74) is 1.97. The number of benzene rings is 2. The van der Waals surface area contributed by atoms with Gasteiger partial charge >= 0.3 is 0 Å². The summed E-state index contributed by atoms with van der Waals surface area (Å²) in [4.78, 5) is 19.1. The Morgan fingerprint density at radius 1 is 1.07 bits per heavy atom. The molecule has 0 atom stereocenters. The second-order valence-corrected chi connectivity index (χ2v) is 9.33. The van der Waals surface area contributed by atoms with Crippen LogP contribution in [0.15, 0.2) is 59.5 Å². The van der Waals surface area contributed by atoms with Crippen molar-refractivity contribution in [2.75, 3.05) is 13.1 Å². The summed E-state index contributed by atoms with van der Waals surface area (Å²) in [6.07, 6.45) is 0. The third-order valence-electron chi connectivity index (χ3n) is 4.81. The number of aromatic nitrogens is 1. The SMILES string of the molecule is Cc1ccc2cccc(C(=O)N3CC(S(=O)(=O)c4ccc(Cl)cc4)C3)c2n1. The number of sulfone groups is 1. The molecule has 1 amide bonds. The molecule has 0 saturated carbocycles. The number of para-hydroxylation sites is 1. The molecule has 0 bridgehead atoms. The molecule has 1 aromatic heterocycles. The molecular formula is C20H17ClN2O3S. The minimum atomic E-state index is -3.48. The van der Waals surface area contributed by atoms with E-state index in [1.54, 1.807) is 23.1 Å². The number of likely N-dealkylation sites (tertiary alicyclic amines) is 1. The number of aryl methyl sites for hydroxylation is 1. The first-order valence-electron chi connectivity index (χ1n) is 8.51. The van der Waals surface area contributed by atoms with Crippen molar-refractivity contribution in [1.29, 1.82) is 0 Å². The molecule has 138 valence electrons. The lowest BCUT2D eigenvalue weighted by molar-refractivity contribution is 0.0660. The fraction of sp³-hybridized carbons (Fsp3) is 0.200. The van der Waals surface area contributed by atoms with Crippen LogP contribution < -0.4 is 0 Å². The van der Waals surface area contributed by atoms with Crippen molar-refractivity contribution >= 4 is 38.2 Å². The van der Waals surface area contributed by atoms with Crippen molar-refractivity contribution in [3.63, 3.8) is 0 Å². The summed E-state index contributed by atoms with van der Waals surface area (Å²) < 4.78 is 25.4. The van der Waals surface area contributed by atoms with Crippen molar-refractivity contribution in [2.45, 2.75) is 17.1 Å². The fourth-order valence-electron chi connectivity index (χ4n) is 3.20. The first-order chi connectivity index (χ1) is 12.9. The fourth-order valence-corrected chi connectivity index (χ4v) is 4.98. The summed E-state index contributed by atoms with van der Waals surface area (Å²) >= 11 is 5.83. The standard InChI is InChI=1S/C20H17ClN2O3S/c1-13-5-6-14-3-2-4-18(19(14)22-13)20(24)23-11-17(12-23)27(25,26)16-9-7-15(21)8-10-16/h2-10,17H,11-12H2,1H3. The summed E-state index contributed by atoms with van der Waals surface area (Å²) in [7, 11) is -3.48. The number of carbonyl (C=O) groups is 1. The number of hydrogen-bond donors (Lipinski definition) is 0. The second-order valence-electron chi connectivity index (χ2n) is 6.66. The smallest absolute Gasteiger partial charge is 0.256 e. The zero-order valence-corrected chi connectivity index (χ0v) is 16.2. The Hall–Kier alpha value is -2.44. The van der Waals surface area contributed by atoms with Crippen LogP contribution in [0.2, 0.25) is 5.02 Å². The molecular weight excluding hydrogens is 384 g/mol. The number of fused-ring (bicyclic) bond motifs is 1. The molecule has 0 spiro atoms. The topological polar surface area (TPSA) is 67.3 Å². The molecule has 0 radical (unpaired) electrons. The van der Waals surface area contributed by atoms with E-state index < -0.39 is 15.1 Å². The van der Waals surface area contributed by atoms with Gasteiger partial charge in [0, 0.05) is 29.2 Å². The van der Waals surface area contributed by atoms with Crippen molar-refractivity contribution in [2.24, 2.45) is 0 Å². The number of amides is 1. The number of carbonyl (C=O) groups excluding carboxylic acids is 1.